The minimum Gasteiger partial charge on any atom is -0.207 e. The molecule has 76 valence electrons. The molecule has 0 spiro atoms. The lowest BCUT2D eigenvalue weighted by Gasteiger charge is -2.03. The molecule has 0 saturated carbocycles. The molecule has 1 aromatic heterocycles. The highest BCUT2D eigenvalue weighted by molar-refractivity contribution is 5.60. The Morgan fingerprint density at radius 1 is 1.13 bits per heavy atom. The van der Waals surface area contributed by atoms with Gasteiger partial charge in [0.05, 0.1) is 0 Å². The molecule has 0 atom stereocenters. The van der Waals surface area contributed by atoms with Gasteiger partial charge in [-0.1, -0.05) is 18.2 Å². The van der Waals surface area contributed by atoms with Gasteiger partial charge in [-0.2, -0.15) is 0 Å². The number of nitrogens with zero attached hydrogens (tertiary/aromatic N) is 1. The standard InChI is InChI=1S/C13H13FN/c1-10-5-3-4-6-12(10)13-9-11(14)7-8-15(13)2/h3-9H,1-2H3/q+1. The Balaban J connectivity index is 2.64. The van der Waals surface area contributed by atoms with Crippen LogP contribution in [0.3, 0.4) is 0 Å². The fourth-order valence-electron chi connectivity index (χ4n) is 1.67. The average molecular weight is 202 g/mol. The van der Waals surface area contributed by atoms with Crippen molar-refractivity contribution in [1.82, 2.24) is 0 Å². The van der Waals surface area contributed by atoms with Crippen LogP contribution in [-0.4, -0.2) is 0 Å². The molecule has 0 saturated heterocycles. The number of rotatable bonds is 1. The van der Waals surface area contributed by atoms with E-state index in [0.717, 1.165) is 16.8 Å². The fraction of sp³-hybridized carbons (Fsp3) is 0.154. The fourth-order valence-corrected chi connectivity index (χ4v) is 1.67. The van der Waals surface area contributed by atoms with Gasteiger partial charge in [0, 0.05) is 17.7 Å². The van der Waals surface area contributed by atoms with Crippen molar-refractivity contribution in [2.75, 3.05) is 0 Å². The normalized spacial score (nSPS) is 10.3. The third-order valence-electron chi connectivity index (χ3n) is 2.53. The van der Waals surface area contributed by atoms with Gasteiger partial charge < -0.3 is 0 Å². The van der Waals surface area contributed by atoms with Crippen LogP contribution >= 0.6 is 0 Å². The summed E-state index contributed by atoms with van der Waals surface area (Å²) >= 11 is 0. The number of pyridine rings is 1. The van der Waals surface area contributed by atoms with Crippen molar-refractivity contribution in [1.29, 1.82) is 0 Å². The first-order valence-corrected chi connectivity index (χ1v) is 4.89. The Morgan fingerprint density at radius 3 is 2.60 bits per heavy atom. The zero-order chi connectivity index (χ0) is 10.8. The predicted molar refractivity (Wildman–Crippen MR) is 57.7 cm³/mol. The maximum Gasteiger partial charge on any atom is 0.215 e. The lowest BCUT2D eigenvalue weighted by molar-refractivity contribution is -0.660. The van der Waals surface area contributed by atoms with Gasteiger partial charge in [0.2, 0.25) is 5.69 Å². The molecule has 0 N–H and O–H groups in total. The molecule has 0 bridgehead atoms. The number of hydrogen-bond acceptors (Lipinski definition) is 0. The maximum atomic E-state index is 13.2. The van der Waals surface area contributed by atoms with Crippen molar-refractivity contribution < 1.29 is 8.96 Å². The van der Waals surface area contributed by atoms with Crippen LogP contribution in [0.25, 0.3) is 11.3 Å². The number of benzene rings is 1. The molecule has 1 heterocycles. The molecule has 2 rings (SSSR count). The first-order valence-electron chi connectivity index (χ1n) is 4.89. The van der Waals surface area contributed by atoms with E-state index in [4.69, 9.17) is 0 Å². The van der Waals surface area contributed by atoms with Crippen LogP contribution in [0.2, 0.25) is 0 Å². The Kier molecular flexibility index (Phi) is 2.50. The van der Waals surface area contributed by atoms with Gasteiger partial charge in [-0.3, -0.25) is 0 Å². The van der Waals surface area contributed by atoms with Gasteiger partial charge in [0.25, 0.3) is 0 Å². The van der Waals surface area contributed by atoms with E-state index in [-0.39, 0.29) is 5.82 Å². The number of halogens is 1. The van der Waals surface area contributed by atoms with Gasteiger partial charge in [0.15, 0.2) is 6.20 Å². The van der Waals surface area contributed by atoms with Crippen LogP contribution in [0.4, 0.5) is 4.39 Å². The molecule has 2 aromatic rings. The van der Waals surface area contributed by atoms with Crippen molar-refractivity contribution in [3.05, 3.63) is 54.0 Å². The van der Waals surface area contributed by atoms with Crippen LogP contribution in [0.15, 0.2) is 42.6 Å². The smallest absolute Gasteiger partial charge is 0.207 e. The monoisotopic (exact) mass is 202 g/mol. The van der Waals surface area contributed by atoms with Crippen LogP contribution in [0.1, 0.15) is 5.56 Å². The summed E-state index contributed by atoms with van der Waals surface area (Å²) in [5.41, 5.74) is 3.12. The summed E-state index contributed by atoms with van der Waals surface area (Å²) in [5, 5.41) is 0. The molecule has 0 unspecified atom stereocenters. The van der Waals surface area contributed by atoms with Crippen molar-refractivity contribution in [2.24, 2.45) is 7.05 Å². The van der Waals surface area contributed by atoms with E-state index in [0.29, 0.717) is 0 Å². The Labute approximate surface area is 88.8 Å². The third kappa shape index (κ3) is 1.89. The summed E-state index contributed by atoms with van der Waals surface area (Å²) in [6.45, 7) is 2.03. The van der Waals surface area contributed by atoms with Crippen LogP contribution < -0.4 is 4.57 Å². The molecular weight excluding hydrogens is 189 g/mol. The molecule has 0 amide bonds. The van der Waals surface area contributed by atoms with Gasteiger partial charge >= 0.3 is 0 Å². The highest BCUT2D eigenvalue weighted by Gasteiger charge is 2.12. The van der Waals surface area contributed by atoms with E-state index in [9.17, 15) is 4.39 Å². The topological polar surface area (TPSA) is 3.88 Å². The second kappa shape index (κ2) is 3.81. The second-order valence-corrected chi connectivity index (χ2v) is 3.66. The van der Waals surface area contributed by atoms with E-state index in [1.807, 2.05) is 42.8 Å². The van der Waals surface area contributed by atoms with Gasteiger partial charge in [-0.05, 0) is 18.6 Å². The van der Waals surface area contributed by atoms with Gasteiger partial charge in [0.1, 0.15) is 12.9 Å². The summed E-state index contributed by atoms with van der Waals surface area (Å²) in [5.74, 6) is -0.202. The average Bonchev–Trinajstić information content (AvgIpc) is 2.23. The minimum absolute atomic E-state index is 0.202. The SMILES string of the molecule is Cc1ccccc1-c1cc(F)cc[n+]1C. The van der Waals surface area contributed by atoms with Crippen molar-refractivity contribution in [3.63, 3.8) is 0 Å². The van der Waals surface area contributed by atoms with E-state index in [1.54, 1.807) is 12.3 Å². The number of aromatic nitrogens is 1. The lowest BCUT2D eigenvalue weighted by Crippen LogP contribution is -2.30. The molecule has 0 aliphatic heterocycles. The Hall–Kier alpha value is -1.70. The Bertz CT molecular complexity index is 492. The zero-order valence-electron chi connectivity index (χ0n) is 8.87. The highest BCUT2D eigenvalue weighted by Crippen LogP contribution is 2.19. The summed E-state index contributed by atoms with van der Waals surface area (Å²) in [6, 6.07) is 11.0. The van der Waals surface area contributed by atoms with Crippen LogP contribution in [0.5, 0.6) is 0 Å². The number of hydrogen-bond donors (Lipinski definition) is 0. The molecule has 15 heavy (non-hydrogen) atoms. The predicted octanol–water partition coefficient (Wildman–Crippen LogP) is 2.63. The van der Waals surface area contributed by atoms with E-state index in [2.05, 4.69) is 0 Å². The van der Waals surface area contributed by atoms with Gasteiger partial charge in [-0.15, -0.1) is 0 Å². The van der Waals surface area contributed by atoms with Crippen molar-refractivity contribution in [2.45, 2.75) is 6.92 Å². The molecule has 0 radical (unpaired) electrons. The van der Waals surface area contributed by atoms with E-state index in [1.165, 1.54) is 6.07 Å². The molecular formula is C13H13FN+. The number of aryl methyl sites for hydroxylation is 2. The maximum absolute atomic E-state index is 13.2. The lowest BCUT2D eigenvalue weighted by atomic mass is 10.1. The van der Waals surface area contributed by atoms with E-state index >= 15 is 0 Å². The molecule has 0 aliphatic carbocycles. The molecule has 1 aromatic carbocycles. The summed E-state index contributed by atoms with van der Waals surface area (Å²) < 4.78 is 15.1. The summed E-state index contributed by atoms with van der Waals surface area (Å²) in [7, 11) is 1.92. The van der Waals surface area contributed by atoms with Gasteiger partial charge in [-0.25, -0.2) is 8.96 Å². The zero-order valence-corrected chi connectivity index (χ0v) is 8.87. The second-order valence-electron chi connectivity index (χ2n) is 3.66. The summed E-state index contributed by atoms with van der Waals surface area (Å²) in [6.07, 6.45) is 1.73. The first kappa shape index (κ1) is 9.84. The highest BCUT2D eigenvalue weighted by atomic mass is 19.1. The minimum atomic E-state index is -0.202. The molecule has 2 heteroatoms. The van der Waals surface area contributed by atoms with Crippen LogP contribution in [0, 0.1) is 12.7 Å². The molecule has 0 fully saturated rings. The largest absolute Gasteiger partial charge is 0.215 e. The van der Waals surface area contributed by atoms with Crippen molar-refractivity contribution >= 4 is 0 Å². The quantitative estimate of drug-likeness (QED) is 0.626. The summed E-state index contributed by atoms with van der Waals surface area (Å²) in [4.78, 5) is 0. The van der Waals surface area contributed by atoms with Crippen LogP contribution in [-0.2, 0) is 7.05 Å². The van der Waals surface area contributed by atoms with E-state index < -0.39 is 0 Å². The first-order chi connectivity index (χ1) is 7.18. The van der Waals surface area contributed by atoms with Crippen molar-refractivity contribution in [3.8, 4) is 11.3 Å². The molecule has 0 aliphatic rings. The Morgan fingerprint density at radius 2 is 1.87 bits per heavy atom. The molecule has 1 nitrogen and oxygen atoms in total. The third-order valence-corrected chi connectivity index (χ3v) is 2.53.